The number of hydrogen-bond donors (Lipinski definition) is 1. The Morgan fingerprint density at radius 1 is 1.33 bits per heavy atom. The molecular weight excluding hydrogens is 384 g/mol. The molecule has 138 valence electrons. The van der Waals surface area contributed by atoms with Gasteiger partial charge in [0.2, 0.25) is 0 Å². The molecule has 4 rings (SSSR count). The Morgan fingerprint density at radius 2 is 2.15 bits per heavy atom. The van der Waals surface area contributed by atoms with E-state index in [0.717, 1.165) is 36.1 Å². The highest BCUT2D eigenvalue weighted by Crippen LogP contribution is 2.33. The van der Waals surface area contributed by atoms with E-state index in [-0.39, 0.29) is 12.1 Å². The molecule has 27 heavy (non-hydrogen) atoms. The largest absolute Gasteiger partial charge is 0.289 e. The zero-order valence-electron chi connectivity index (χ0n) is 14.4. The number of carbonyl (C=O) groups is 1. The Balaban J connectivity index is 1.51. The van der Waals surface area contributed by atoms with Crippen molar-refractivity contribution >= 4 is 45.3 Å². The fraction of sp³-hybridized carbons (Fsp3) is 0.263. The number of nitrogens with zero attached hydrogens (tertiary/aromatic N) is 3. The van der Waals surface area contributed by atoms with Crippen molar-refractivity contribution in [2.45, 2.75) is 32.2 Å². The maximum atomic E-state index is 12.8. The average Bonchev–Trinajstić information content (AvgIpc) is 3.05. The number of halogens is 1. The second-order valence-electron chi connectivity index (χ2n) is 6.38. The first-order valence-corrected chi connectivity index (χ1v) is 9.89. The van der Waals surface area contributed by atoms with Crippen molar-refractivity contribution in [2.24, 2.45) is 5.10 Å². The highest BCUT2D eigenvalue weighted by Gasteiger charge is 2.20. The molecule has 0 fully saturated rings. The Morgan fingerprint density at radius 3 is 3.00 bits per heavy atom. The van der Waals surface area contributed by atoms with Crippen LogP contribution in [0.5, 0.6) is 0 Å². The maximum Gasteiger partial charge on any atom is 0.262 e. The van der Waals surface area contributed by atoms with Crippen LogP contribution in [0, 0.1) is 0 Å². The maximum absolute atomic E-state index is 12.8. The highest BCUT2D eigenvalue weighted by atomic mass is 35.5. The van der Waals surface area contributed by atoms with Crippen LogP contribution in [0.1, 0.15) is 28.8 Å². The van der Waals surface area contributed by atoms with Crippen molar-refractivity contribution in [2.75, 3.05) is 0 Å². The number of aromatic nitrogens is 2. The van der Waals surface area contributed by atoms with Crippen molar-refractivity contribution in [1.82, 2.24) is 15.0 Å². The van der Waals surface area contributed by atoms with Gasteiger partial charge in [0.25, 0.3) is 11.5 Å². The van der Waals surface area contributed by atoms with E-state index >= 15 is 0 Å². The summed E-state index contributed by atoms with van der Waals surface area (Å²) in [6, 6.07) is 7.18. The second kappa shape index (κ2) is 7.62. The number of aryl methyl sites for hydroxylation is 2. The minimum Gasteiger partial charge on any atom is -0.289 e. The smallest absolute Gasteiger partial charge is 0.262 e. The lowest BCUT2D eigenvalue weighted by atomic mass is 9.97. The molecule has 0 bridgehead atoms. The normalized spacial score (nSPS) is 13.8. The first-order chi connectivity index (χ1) is 13.1. The lowest BCUT2D eigenvalue weighted by Crippen LogP contribution is -2.30. The van der Waals surface area contributed by atoms with Gasteiger partial charge in [0.05, 0.1) is 17.9 Å². The molecule has 8 heteroatoms. The summed E-state index contributed by atoms with van der Waals surface area (Å²) >= 11 is 7.63. The summed E-state index contributed by atoms with van der Waals surface area (Å²) in [7, 11) is 0. The SMILES string of the molecule is O=C(Cn1cnc2sc3c(c2c1=O)CCCC3)NN=Cc1ccccc1Cl. The molecule has 0 saturated heterocycles. The predicted molar refractivity (Wildman–Crippen MR) is 108 cm³/mol. The molecule has 2 aromatic heterocycles. The van der Waals surface area contributed by atoms with Gasteiger partial charge in [0.1, 0.15) is 11.4 Å². The summed E-state index contributed by atoms with van der Waals surface area (Å²) in [6.45, 7) is -0.133. The van der Waals surface area contributed by atoms with Crippen LogP contribution in [0.2, 0.25) is 5.02 Å². The molecule has 0 spiro atoms. The molecule has 1 aliphatic carbocycles. The predicted octanol–water partition coefficient (Wildman–Crippen LogP) is 3.14. The number of hydrogen-bond acceptors (Lipinski definition) is 5. The molecular formula is C19H17ClN4O2S. The molecule has 0 aliphatic heterocycles. The van der Waals surface area contributed by atoms with Crippen molar-refractivity contribution in [3.8, 4) is 0 Å². The average molecular weight is 401 g/mol. The minimum atomic E-state index is -0.398. The number of hydrazone groups is 1. The molecule has 0 unspecified atom stereocenters. The van der Waals surface area contributed by atoms with E-state index in [9.17, 15) is 9.59 Å². The van der Waals surface area contributed by atoms with Gasteiger partial charge in [-0.2, -0.15) is 5.10 Å². The number of rotatable bonds is 4. The van der Waals surface area contributed by atoms with E-state index in [1.807, 2.05) is 12.1 Å². The molecule has 1 amide bonds. The molecule has 2 heterocycles. The topological polar surface area (TPSA) is 76.3 Å². The fourth-order valence-electron chi connectivity index (χ4n) is 3.24. The minimum absolute atomic E-state index is 0.133. The number of fused-ring (bicyclic) bond motifs is 3. The van der Waals surface area contributed by atoms with Gasteiger partial charge in [-0.1, -0.05) is 29.8 Å². The monoisotopic (exact) mass is 400 g/mol. The van der Waals surface area contributed by atoms with Gasteiger partial charge in [-0.05, 0) is 37.3 Å². The molecule has 3 aromatic rings. The van der Waals surface area contributed by atoms with E-state index < -0.39 is 5.91 Å². The van der Waals surface area contributed by atoms with E-state index in [0.29, 0.717) is 16.0 Å². The number of carbonyl (C=O) groups excluding carboxylic acids is 1. The van der Waals surface area contributed by atoms with Crippen LogP contribution in [0.15, 0.2) is 40.5 Å². The lowest BCUT2D eigenvalue weighted by molar-refractivity contribution is -0.121. The van der Waals surface area contributed by atoms with E-state index in [2.05, 4.69) is 15.5 Å². The third-order valence-electron chi connectivity index (χ3n) is 4.55. The number of thiophene rings is 1. The van der Waals surface area contributed by atoms with Gasteiger partial charge in [-0.3, -0.25) is 14.2 Å². The lowest BCUT2D eigenvalue weighted by Gasteiger charge is -2.10. The first kappa shape index (κ1) is 17.9. The fourth-order valence-corrected chi connectivity index (χ4v) is 4.64. The zero-order valence-corrected chi connectivity index (χ0v) is 16.0. The van der Waals surface area contributed by atoms with Crippen molar-refractivity contribution < 1.29 is 4.79 Å². The summed E-state index contributed by atoms with van der Waals surface area (Å²) in [6.07, 6.45) is 7.06. The summed E-state index contributed by atoms with van der Waals surface area (Å²) in [5.41, 5.74) is 4.08. The number of amides is 1. The van der Waals surface area contributed by atoms with Gasteiger partial charge in [-0.25, -0.2) is 10.4 Å². The zero-order chi connectivity index (χ0) is 18.8. The van der Waals surface area contributed by atoms with Gasteiger partial charge in [0.15, 0.2) is 0 Å². The van der Waals surface area contributed by atoms with Crippen molar-refractivity contribution in [1.29, 1.82) is 0 Å². The molecule has 1 aliphatic rings. The molecule has 6 nitrogen and oxygen atoms in total. The standard InChI is InChI=1S/C19H17ClN4O2S/c20-14-7-3-1-5-12(14)9-22-23-16(25)10-24-11-21-18-17(19(24)26)13-6-2-4-8-15(13)27-18/h1,3,5,7,9,11H,2,4,6,8,10H2,(H,23,25). The van der Waals surface area contributed by atoms with Crippen LogP contribution >= 0.6 is 22.9 Å². The molecule has 1 N–H and O–H groups in total. The molecule has 1 aromatic carbocycles. The summed E-state index contributed by atoms with van der Waals surface area (Å²) in [5.74, 6) is -0.398. The first-order valence-electron chi connectivity index (χ1n) is 8.69. The molecule has 0 saturated carbocycles. The van der Waals surface area contributed by atoms with Gasteiger partial charge < -0.3 is 0 Å². The van der Waals surface area contributed by atoms with E-state index in [4.69, 9.17) is 11.6 Å². The quantitative estimate of drug-likeness (QED) is 0.540. The summed E-state index contributed by atoms with van der Waals surface area (Å²) in [4.78, 5) is 31.4. The third-order valence-corrected chi connectivity index (χ3v) is 6.10. The Kier molecular flexibility index (Phi) is 5.05. The highest BCUT2D eigenvalue weighted by molar-refractivity contribution is 7.18. The van der Waals surface area contributed by atoms with Crippen LogP contribution in [0.4, 0.5) is 0 Å². The molecule has 0 atom stereocenters. The summed E-state index contributed by atoms with van der Waals surface area (Å²) in [5, 5.41) is 5.12. The van der Waals surface area contributed by atoms with Crippen LogP contribution in [-0.4, -0.2) is 21.7 Å². The van der Waals surface area contributed by atoms with Gasteiger partial charge >= 0.3 is 0 Å². The van der Waals surface area contributed by atoms with Crippen LogP contribution < -0.4 is 11.0 Å². The number of benzene rings is 1. The van der Waals surface area contributed by atoms with Crippen molar-refractivity contribution in [3.05, 3.63) is 62.0 Å². The number of nitrogens with one attached hydrogen (secondary N) is 1. The molecule has 0 radical (unpaired) electrons. The second-order valence-corrected chi connectivity index (χ2v) is 7.87. The van der Waals surface area contributed by atoms with Crippen LogP contribution in [-0.2, 0) is 24.2 Å². The Hall–Kier alpha value is -2.51. The van der Waals surface area contributed by atoms with Gasteiger partial charge in [-0.15, -0.1) is 11.3 Å². The Bertz CT molecular complexity index is 1100. The van der Waals surface area contributed by atoms with Crippen LogP contribution in [0.25, 0.3) is 10.2 Å². The van der Waals surface area contributed by atoms with E-state index in [1.165, 1.54) is 22.0 Å². The van der Waals surface area contributed by atoms with Crippen LogP contribution in [0.3, 0.4) is 0 Å². The van der Waals surface area contributed by atoms with E-state index in [1.54, 1.807) is 23.5 Å². The Labute approximate surface area is 164 Å². The van der Waals surface area contributed by atoms with Gasteiger partial charge in [0, 0.05) is 15.5 Å². The van der Waals surface area contributed by atoms with Crippen molar-refractivity contribution in [3.63, 3.8) is 0 Å². The summed E-state index contributed by atoms with van der Waals surface area (Å²) < 4.78 is 1.34. The third kappa shape index (κ3) is 3.65.